The van der Waals surface area contributed by atoms with Gasteiger partial charge in [-0.3, -0.25) is 9.59 Å². The third-order valence-corrected chi connectivity index (χ3v) is 6.16. The summed E-state index contributed by atoms with van der Waals surface area (Å²) < 4.78 is 25.2. The number of rotatable bonds is 17. The van der Waals surface area contributed by atoms with Crippen molar-refractivity contribution in [2.75, 3.05) is 51.1 Å². The van der Waals surface area contributed by atoms with Gasteiger partial charge in [0.1, 0.15) is 30.3 Å². The lowest BCUT2D eigenvalue weighted by Gasteiger charge is -2.16. The Balaban J connectivity index is 1.72. The van der Waals surface area contributed by atoms with Crippen molar-refractivity contribution >= 4 is 51.6 Å². The fraction of sp³-hybridized carbons (Fsp3) is 0.429. The number of benzene rings is 2. The first-order valence-electron chi connectivity index (χ1n) is 13.1. The number of carboxylic acids is 1. The van der Waals surface area contributed by atoms with Gasteiger partial charge in [0, 0.05) is 36.6 Å². The van der Waals surface area contributed by atoms with Crippen LogP contribution in [0.15, 0.2) is 36.7 Å². The molecule has 0 spiro atoms. The molecule has 40 heavy (non-hydrogen) atoms. The molecule has 3 N–H and O–H groups in total. The molecule has 0 saturated heterocycles. The largest absolute Gasteiger partial charge is 0.489 e. The fourth-order valence-electron chi connectivity index (χ4n) is 3.85. The molecule has 0 aliphatic carbocycles. The summed E-state index contributed by atoms with van der Waals surface area (Å²) in [6.07, 6.45) is 4.76. The molecule has 0 atom stereocenters. The third-order valence-electron chi connectivity index (χ3n) is 5.87. The molecule has 2 aromatic carbocycles. The maximum absolute atomic E-state index is 13.6. The van der Waals surface area contributed by atoms with Crippen molar-refractivity contribution in [2.45, 2.75) is 38.5 Å². The molecule has 1 amide bonds. The number of aliphatic carboxylic acids is 1. The molecular weight excluding hydrogens is 541 g/mol. The van der Waals surface area contributed by atoms with Crippen LogP contribution in [-0.4, -0.2) is 72.3 Å². The Morgan fingerprint density at radius 2 is 1.85 bits per heavy atom. The molecule has 12 heteroatoms. The number of ether oxygens (including phenoxy) is 2. The lowest BCUT2D eigenvalue weighted by molar-refractivity contribution is -0.137. The monoisotopic (exact) mass is 575 g/mol. The predicted molar refractivity (Wildman–Crippen MR) is 153 cm³/mol. The number of halogens is 2. The standard InChI is InChI=1S/C28H35ClFN5O5/c1-35(2)11-6-7-26(36)34-24-16-20-23(17-25(24)40-14-13-39-12-5-3-4-8-27(37)38)31-18-32-28(20)33-19-9-10-22(30)21(29)15-19/h9-10,15-18H,3-8,11-14H2,1-2H3,(H,34,36)(H,37,38)(H,31,32,33). The molecule has 0 fully saturated rings. The Morgan fingerprint density at radius 1 is 1.02 bits per heavy atom. The molecule has 0 bridgehead atoms. The number of unbranched alkanes of at least 4 members (excludes halogenated alkanes) is 2. The number of hydrogen-bond donors (Lipinski definition) is 3. The van der Waals surface area contributed by atoms with Crippen LogP contribution in [0.5, 0.6) is 5.75 Å². The highest BCUT2D eigenvalue weighted by atomic mass is 35.5. The van der Waals surface area contributed by atoms with Crippen molar-refractivity contribution in [3.63, 3.8) is 0 Å². The molecule has 0 aliphatic heterocycles. The van der Waals surface area contributed by atoms with Gasteiger partial charge in [0.15, 0.2) is 0 Å². The van der Waals surface area contributed by atoms with Gasteiger partial charge in [-0.25, -0.2) is 14.4 Å². The van der Waals surface area contributed by atoms with E-state index in [0.29, 0.717) is 66.3 Å². The van der Waals surface area contributed by atoms with Gasteiger partial charge in [0.05, 0.1) is 22.8 Å². The summed E-state index contributed by atoms with van der Waals surface area (Å²) in [4.78, 5) is 34.0. The quantitative estimate of drug-likeness (QED) is 0.179. The lowest BCUT2D eigenvalue weighted by Crippen LogP contribution is -2.18. The van der Waals surface area contributed by atoms with Gasteiger partial charge in [-0.1, -0.05) is 18.0 Å². The molecule has 0 saturated carbocycles. The zero-order valence-corrected chi connectivity index (χ0v) is 23.5. The summed E-state index contributed by atoms with van der Waals surface area (Å²) in [6, 6.07) is 7.73. The summed E-state index contributed by atoms with van der Waals surface area (Å²) in [6.45, 7) is 1.86. The minimum atomic E-state index is -0.793. The van der Waals surface area contributed by atoms with Gasteiger partial charge >= 0.3 is 5.97 Å². The van der Waals surface area contributed by atoms with Gasteiger partial charge in [0.25, 0.3) is 0 Å². The maximum Gasteiger partial charge on any atom is 0.303 e. The van der Waals surface area contributed by atoms with Crippen LogP contribution in [0.4, 0.5) is 21.6 Å². The zero-order valence-electron chi connectivity index (χ0n) is 22.7. The number of amides is 1. The first kappa shape index (κ1) is 31.0. The Labute approximate surface area is 237 Å². The first-order chi connectivity index (χ1) is 19.2. The van der Waals surface area contributed by atoms with Crippen molar-refractivity contribution in [3.8, 4) is 5.75 Å². The van der Waals surface area contributed by atoms with Gasteiger partial charge in [-0.15, -0.1) is 0 Å². The number of aromatic nitrogens is 2. The van der Waals surface area contributed by atoms with E-state index in [9.17, 15) is 14.0 Å². The SMILES string of the molecule is CN(C)CCCC(=O)Nc1cc2c(Nc3ccc(F)c(Cl)c3)ncnc2cc1OCCOCCCCCC(=O)O. The smallest absolute Gasteiger partial charge is 0.303 e. The van der Waals surface area contributed by atoms with E-state index < -0.39 is 11.8 Å². The summed E-state index contributed by atoms with van der Waals surface area (Å²) in [5.74, 6) is -0.580. The van der Waals surface area contributed by atoms with Crippen LogP contribution in [0.1, 0.15) is 38.5 Å². The highest BCUT2D eigenvalue weighted by molar-refractivity contribution is 6.31. The maximum atomic E-state index is 13.6. The number of anilines is 3. The molecule has 3 rings (SSSR count). The van der Waals surface area contributed by atoms with E-state index >= 15 is 0 Å². The molecule has 0 radical (unpaired) electrons. The van der Waals surface area contributed by atoms with Crippen LogP contribution in [0.3, 0.4) is 0 Å². The number of fused-ring (bicyclic) bond motifs is 1. The van der Waals surface area contributed by atoms with Crippen molar-refractivity contribution < 1.29 is 28.6 Å². The fourth-order valence-corrected chi connectivity index (χ4v) is 4.03. The van der Waals surface area contributed by atoms with Crippen LogP contribution in [0.2, 0.25) is 5.02 Å². The van der Waals surface area contributed by atoms with Crippen molar-refractivity contribution in [3.05, 3.63) is 47.5 Å². The number of carboxylic acid groups (broad SMARTS) is 1. The van der Waals surface area contributed by atoms with E-state index in [0.717, 1.165) is 19.4 Å². The number of carbonyl (C=O) groups excluding carboxylic acids is 1. The molecule has 216 valence electrons. The summed E-state index contributed by atoms with van der Waals surface area (Å²) in [5.41, 5.74) is 1.58. The van der Waals surface area contributed by atoms with E-state index in [1.54, 1.807) is 18.2 Å². The predicted octanol–water partition coefficient (Wildman–Crippen LogP) is 5.49. The molecule has 10 nitrogen and oxygen atoms in total. The highest BCUT2D eigenvalue weighted by Crippen LogP contribution is 2.34. The normalized spacial score (nSPS) is 11.1. The van der Waals surface area contributed by atoms with E-state index in [4.69, 9.17) is 26.2 Å². The van der Waals surface area contributed by atoms with E-state index in [-0.39, 0.29) is 24.0 Å². The number of carbonyl (C=O) groups is 2. The van der Waals surface area contributed by atoms with E-state index in [2.05, 4.69) is 20.6 Å². The Bertz CT molecular complexity index is 1290. The Hall–Kier alpha value is -3.54. The van der Waals surface area contributed by atoms with Gasteiger partial charge in [-0.05, 0) is 64.2 Å². The summed E-state index contributed by atoms with van der Waals surface area (Å²) in [7, 11) is 3.91. The van der Waals surface area contributed by atoms with Crippen LogP contribution in [0, 0.1) is 5.82 Å². The van der Waals surface area contributed by atoms with Crippen molar-refractivity contribution in [1.82, 2.24) is 14.9 Å². The zero-order chi connectivity index (χ0) is 28.9. The molecule has 0 unspecified atom stereocenters. The average molecular weight is 576 g/mol. The molecule has 1 aromatic heterocycles. The highest BCUT2D eigenvalue weighted by Gasteiger charge is 2.14. The van der Waals surface area contributed by atoms with Gasteiger partial charge in [0.2, 0.25) is 5.91 Å². The third kappa shape index (κ3) is 10.2. The topological polar surface area (TPSA) is 126 Å². The van der Waals surface area contributed by atoms with Crippen LogP contribution < -0.4 is 15.4 Å². The molecular formula is C28H35ClFN5O5. The lowest BCUT2D eigenvalue weighted by atomic mass is 10.1. The second kappa shape index (κ2) is 15.9. The molecule has 1 heterocycles. The van der Waals surface area contributed by atoms with Gasteiger partial charge < -0.3 is 30.1 Å². The van der Waals surface area contributed by atoms with Crippen LogP contribution in [0.25, 0.3) is 10.9 Å². The Kier molecular flexibility index (Phi) is 12.3. The van der Waals surface area contributed by atoms with Crippen LogP contribution >= 0.6 is 11.6 Å². The average Bonchev–Trinajstić information content (AvgIpc) is 2.90. The van der Waals surface area contributed by atoms with Gasteiger partial charge in [-0.2, -0.15) is 0 Å². The number of nitrogens with zero attached hydrogens (tertiary/aromatic N) is 3. The van der Waals surface area contributed by atoms with E-state index in [1.807, 2.05) is 19.0 Å². The minimum Gasteiger partial charge on any atom is -0.489 e. The summed E-state index contributed by atoms with van der Waals surface area (Å²) in [5, 5.41) is 15.4. The van der Waals surface area contributed by atoms with Crippen molar-refractivity contribution in [2.24, 2.45) is 0 Å². The van der Waals surface area contributed by atoms with Crippen molar-refractivity contribution in [1.29, 1.82) is 0 Å². The molecule has 0 aliphatic rings. The second-order valence-electron chi connectivity index (χ2n) is 9.46. The Morgan fingerprint density at radius 3 is 2.60 bits per heavy atom. The summed E-state index contributed by atoms with van der Waals surface area (Å²) >= 11 is 5.93. The second-order valence-corrected chi connectivity index (χ2v) is 9.87. The molecule has 3 aromatic rings. The first-order valence-corrected chi connectivity index (χ1v) is 13.5. The minimum absolute atomic E-state index is 0.0211. The van der Waals surface area contributed by atoms with E-state index in [1.165, 1.54) is 18.5 Å². The van der Waals surface area contributed by atoms with Crippen LogP contribution in [-0.2, 0) is 14.3 Å². The number of hydrogen-bond acceptors (Lipinski definition) is 8. The number of nitrogens with one attached hydrogen (secondary N) is 2.